The molecule has 3 rings (SSSR count). The number of nitrogens with zero attached hydrogens (tertiary/aromatic N) is 1. The Hall–Kier alpha value is -1.47. The summed E-state index contributed by atoms with van der Waals surface area (Å²) in [6, 6.07) is 16.6. The molecule has 8 heteroatoms. The molecule has 0 radical (unpaired) electrons. The van der Waals surface area contributed by atoms with Crippen molar-refractivity contribution in [3.8, 4) is 11.5 Å². The second kappa shape index (κ2) is 11.5. The van der Waals surface area contributed by atoms with Crippen LogP contribution in [0.3, 0.4) is 0 Å². The van der Waals surface area contributed by atoms with Crippen LogP contribution < -0.4 is 10.1 Å². The summed E-state index contributed by atoms with van der Waals surface area (Å²) in [5.74, 6) is 1.41. The molecule has 0 amide bonds. The molecule has 2 aromatic rings. The Morgan fingerprint density at radius 1 is 0.893 bits per heavy atom. The lowest BCUT2D eigenvalue weighted by molar-refractivity contribution is -0.138. The molecular formula is C20H25Cl2F3N2O. The zero-order valence-corrected chi connectivity index (χ0v) is 17.0. The van der Waals surface area contributed by atoms with E-state index in [-0.39, 0.29) is 37.3 Å². The van der Waals surface area contributed by atoms with Gasteiger partial charge in [-0.1, -0.05) is 30.3 Å². The number of para-hydroxylation sites is 1. The number of rotatable bonds is 6. The Morgan fingerprint density at radius 3 is 2.04 bits per heavy atom. The van der Waals surface area contributed by atoms with Gasteiger partial charge in [0, 0.05) is 38.6 Å². The first-order chi connectivity index (χ1) is 12.5. The van der Waals surface area contributed by atoms with Crippen LogP contribution in [0.2, 0.25) is 0 Å². The highest BCUT2D eigenvalue weighted by atomic mass is 35.5. The van der Waals surface area contributed by atoms with Crippen molar-refractivity contribution < 1.29 is 17.9 Å². The molecule has 1 atom stereocenters. The second-order valence-electron chi connectivity index (χ2n) is 6.44. The van der Waals surface area contributed by atoms with Gasteiger partial charge in [-0.15, -0.1) is 24.8 Å². The molecule has 0 aromatic heterocycles. The van der Waals surface area contributed by atoms with E-state index in [9.17, 15) is 13.2 Å². The molecule has 2 aromatic carbocycles. The predicted molar refractivity (Wildman–Crippen MR) is 110 cm³/mol. The Kier molecular flexibility index (Phi) is 10.1. The van der Waals surface area contributed by atoms with E-state index in [0.717, 1.165) is 37.5 Å². The van der Waals surface area contributed by atoms with Gasteiger partial charge in [0.25, 0.3) is 0 Å². The highest BCUT2D eigenvalue weighted by Gasteiger charge is 2.31. The van der Waals surface area contributed by atoms with Crippen molar-refractivity contribution in [2.75, 3.05) is 26.2 Å². The van der Waals surface area contributed by atoms with Crippen molar-refractivity contribution in [2.24, 2.45) is 0 Å². The third-order valence-electron chi connectivity index (χ3n) is 4.54. The van der Waals surface area contributed by atoms with E-state index in [1.54, 1.807) is 0 Å². The van der Waals surface area contributed by atoms with Gasteiger partial charge in [0.2, 0.25) is 0 Å². The number of halogens is 5. The molecule has 1 aliphatic rings. The topological polar surface area (TPSA) is 24.5 Å². The molecule has 0 unspecified atom stereocenters. The van der Waals surface area contributed by atoms with Gasteiger partial charge < -0.3 is 10.1 Å². The lowest BCUT2D eigenvalue weighted by Gasteiger charge is -2.35. The monoisotopic (exact) mass is 436 g/mol. The highest BCUT2D eigenvalue weighted by Crippen LogP contribution is 2.33. The van der Waals surface area contributed by atoms with E-state index in [1.807, 2.05) is 54.6 Å². The fourth-order valence-electron chi connectivity index (χ4n) is 3.24. The highest BCUT2D eigenvalue weighted by molar-refractivity contribution is 5.85. The summed E-state index contributed by atoms with van der Waals surface area (Å²) in [6.45, 7) is 3.12. The molecule has 1 fully saturated rings. The van der Waals surface area contributed by atoms with Gasteiger partial charge in [-0.2, -0.15) is 13.2 Å². The normalized spacial score (nSPS) is 15.8. The number of benzene rings is 2. The fourth-order valence-corrected chi connectivity index (χ4v) is 3.24. The van der Waals surface area contributed by atoms with E-state index < -0.39 is 12.6 Å². The van der Waals surface area contributed by atoms with Crippen LogP contribution in [0.1, 0.15) is 24.4 Å². The van der Waals surface area contributed by atoms with Gasteiger partial charge in [-0.25, -0.2) is 0 Å². The second-order valence-corrected chi connectivity index (χ2v) is 6.44. The SMILES string of the molecule is Cl.Cl.FC(F)(F)CC[C@H](c1ccc(Oc2ccccc2)cc1)N1CCNCC1. The van der Waals surface area contributed by atoms with E-state index in [0.29, 0.717) is 5.75 Å². The molecule has 28 heavy (non-hydrogen) atoms. The summed E-state index contributed by atoms with van der Waals surface area (Å²) in [5, 5.41) is 3.25. The Morgan fingerprint density at radius 2 is 1.46 bits per heavy atom. The fraction of sp³-hybridized carbons (Fsp3) is 0.400. The Labute approximate surface area is 176 Å². The molecule has 0 spiro atoms. The molecular weight excluding hydrogens is 412 g/mol. The van der Waals surface area contributed by atoms with Crippen molar-refractivity contribution in [2.45, 2.75) is 25.1 Å². The summed E-state index contributed by atoms with van der Waals surface area (Å²) in [4.78, 5) is 2.13. The Bertz CT molecular complexity index is 678. The number of hydrogen-bond acceptors (Lipinski definition) is 3. The molecule has 0 saturated carbocycles. The molecule has 1 N–H and O–H groups in total. The molecule has 3 nitrogen and oxygen atoms in total. The van der Waals surface area contributed by atoms with Crippen molar-refractivity contribution in [1.82, 2.24) is 10.2 Å². The minimum atomic E-state index is -4.14. The largest absolute Gasteiger partial charge is 0.457 e. The van der Waals surface area contributed by atoms with Crippen LogP contribution in [0.25, 0.3) is 0 Å². The molecule has 0 aliphatic carbocycles. The van der Waals surface area contributed by atoms with Crippen LogP contribution >= 0.6 is 24.8 Å². The van der Waals surface area contributed by atoms with Crippen LogP contribution in [0.4, 0.5) is 13.2 Å². The third-order valence-corrected chi connectivity index (χ3v) is 4.54. The van der Waals surface area contributed by atoms with E-state index >= 15 is 0 Å². The van der Waals surface area contributed by atoms with E-state index in [4.69, 9.17) is 4.74 Å². The van der Waals surface area contributed by atoms with Crippen molar-refractivity contribution in [1.29, 1.82) is 0 Å². The van der Waals surface area contributed by atoms with Crippen molar-refractivity contribution >= 4 is 24.8 Å². The first-order valence-electron chi connectivity index (χ1n) is 8.86. The quantitative estimate of drug-likeness (QED) is 0.636. The number of alkyl halides is 3. The standard InChI is InChI=1S/C20H23F3N2O.2ClH/c21-20(22,23)11-10-19(25-14-12-24-13-15-25)16-6-8-18(9-7-16)26-17-4-2-1-3-5-17;;/h1-9,19,24H,10-15H2;2*1H/t19-;;/m1../s1. The summed E-state index contributed by atoms with van der Waals surface area (Å²) in [6.07, 6.45) is -4.84. The number of nitrogens with one attached hydrogen (secondary N) is 1. The van der Waals surface area contributed by atoms with Gasteiger partial charge in [0.05, 0.1) is 0 Å². The number of piperazine rings is 1. The van der Waals surface area contributed by atoms with E-state index in [1.165, 1.54) is 0 Å². The van der Waals surface area contributed by atoms with Crippen LogP contribution in [0.15, 0.2) is 54.6 Å². The maximum absolute atomic E-state index is 12.8. The summed E-state index contributed by atoms with van der Waals surface area (Å²) < 4.78 is 44.0. The summed E-state index contributed by atoms with van der Waals surface area (Å²) in [7, 11) is 0. The molecule has 0 bridgehead atoms. The Balaban J connectivity index is 0.00000196. The van der Waals surface area contributed by atoms with Crippen molar-refractivity contribution in [3.05, 3.63) is 60.2 Å². The van der Waals surface area contributed by atoms with Crippen molar-refractivity contribution in [3.63, 3.8) is 0 Å². The lowest BCUT2D eigenvalue weighted by Crippen LogP contribution is -2.45. The van der Waals surface area contributed by atoms with Gasteiger partial charge in [0.1, 0.15) is 11.5 Å². The molecule has 1 heterocycles. The minimum absolute atomic E-state index is 0. The summed E-state index contributed by atoms with van der Waals surface area (Å²) >= 11 is 0. The molecule has 156 valence electrons. The van der Waals surface area contributed by atoms with Gasteiger partial charge >= 0.3 is 6.18 Å². The van der Waals surface area contributed by atoms with Crippen LogP contribution in [-0.2, 0) is 0 Å². The average molecular weight is 437 g/mol. The maximum atomic E-state index is 12.8. The first kappa shape index (κ1) is 24.6. The molecule has 1 saturated heterocycles. The van der Waals surface area contributed by atoms with Gasteiger partial charge in [-0.05, 0) is 36.2 Å². The smallest absolute Gasteiger partial charge is 0.389 e. The zero-order valence-electron chi connectivity index (χ0n) is 15.3. The minimum Gasteiger partial charge on any atom is -0.457 e. The zero-order chi connectivity index (χ0) is 18.4. The predicted octanol–water partition coefficient (Wildman–Crippen LogP) is 5.61. The summed E-state index contributed by atoms with van der Waals surface area (Å²) in [5.41, 5.74) is 0.900. The lowest BCUT2D eigenvalue weighted by atomic mass is 9.99. The maximum Gasteiger partial charge on any atom is 0.389 e. The van der Waals surface area contributed by atoms with E-state index in [2.05, 4.69) is 10.2 Å². The average Bonchev–Trinajstić information content (AvgIpc) is 2.64. The van der Waals surface area contributed by atoms with Crippen LogP contribution in [0.5, 0.6) is 11.5 Å². The van der Waals surface area contributed by atoms with Gasteiger partial charge in [-0.3, -0.25) is 4.90 Å². The number of hydrogen-bond donors (Lipinski definition) is 1. The number of ether oxygens (including phenoxy) is 1. The van der Waals surface area contributed by atoms with Crippen LogP contribution in [0, 0.1) is 0 Å². The first-order valence-corrected chi connectivity index (χ1v) is 8.86. The third kappa shape index (κ3) is 7.51. The molecule has 1 aliphatic heterocycles. The van der Waals surface area contributed by atoms with Gasteiger partial charge in [0.15, 0.2) is 0 Å². The van der Waals surface area contributed by atoms with Crippen LogP contribution in [-0.4, -0.2) is 37.3 Å².